The zero-order valence-electron chi connectivity index (χ0n) is 19.5. The molecule has 0 bridgehead atoms. The first-order valence-corrected chi connectivity index (χ1v) is 11.0. The smallest absolute Gasteiger partial charge is 0.191 e. The molecular weight excluding hydrogens is 376 g/mol. The predicted molar refractivity (Wildman–Crippen MR) is 123 cm³/mol. The summed E-state index contributed by atoms with van der Waals surface area (Å²) in [4.78, 5) is 4.81. The van der Waals surface area contributed by atoms with Crippen LogP contribution in [0, 0.1) is 19.8 Å². The maximum Gasteiger partial charge on any atom is 0.191 e. The summed E-state index contributed by atoms with van der Waals surface area (Å²) in [6.07, 6.45) is 3.27. The third-order valence-corrected chi connectivity index (χ3v) is 5.00. The van der Waals surface area contributed by atoms with E-state index in [4.69, 9.17) is 9.73 Å². The SMILES string of the molecule is CCCCNC(=NCc1ccc(C)cc1OCCC(C)C)NCc1nnc(C)n1C. The lowest BCUT2D eigenvalue weighted by atomic mass is 10.1. The highest BCUT2D eigenvalue weighted by molar-refractivity contribution is 5.79. The molecule has 0 saturated carbocycles. The van der Waals surface area contributed by atoms with Gasteiger partial charge in [0, 0.05) is 19.2 Å². The minimum atomic E-state index is 0.552. The van der Waals surface area contributed by atoms with Crippen molar-refractivity contribution in [1.82, 2.24) is 25.4 Å². The van der Waals surface area contributed by atoms with E-state index in [0.717, 1.165) is 61.3 Å². The summed E-state index contributed by atoms with van der Waals surface area (Å²) < 4.78 is 8.06. The molecule has 30 heavy (non-hydrogen) atoms. The average molecular weight is 415 g/mol. The number of aryl methyl sites for hydroxylation is 2. The maximum absolute atomic E-state index is 6.08. The van der Waals surface area contributed by atoms with Crippen LogP contribution in [0.4, 0.5) is 0 Å². The van der Waals surface area contributed by atoms with Gasteiger partial charge in [0.05, 0.1) is 19.7 Å². The van der Waals surface area contributed by atoms with Crippen LogP contribution in [0.1, 0.15) is 62.8 Å². The van der Waals surface area contributed by atoms with Crippen LogP contribution in [0.2, 0.25) is 0 Å². The van der Waals surface area contributed by atoms with E-state index in [1.54, 1.807) is 0 Å². The molecule has 0 amide bonds. The molecule has 0 aliphatic heterocycles. The molecule has 1 heterocycles. The second-order valence-corrected chi connectivity index (χ2v) is 8.16. The molecule has 0 spiro atoms. The second-order valence-electron chi connectivity index (χ2n) is 8.16. The van der Waals surface area contributed by atoms with Crippen LogP contribution in [-0.2, 0) is 20.1 Å². The minimum Gasteiger partial charge on any atom is -0.493 e. The van der Waals surface area contributed by atoms with E-state index in [2.05, 4.69) is 66.7 Å². The second kappa shape index (κ2) is 12.2. The van der Waals surface area contributed by atoms with Crippen molar-refractivity contribution in [3.8, 4) is 5.75 Å². The van der Waals surface area contributed by atoms with E-state index in [1.165, 1.54) is 5.56 Å². The van der Waals surface area contributed by atoms with Gasteiger partial charge in [0.2, 0.25) is 0 Å². The molecule has 2 rings (SSSR count). The standard InChI is InChI=1S/C23H38N6O/c1-7-8-12-24-23(26-16-22-28-27-19(5)29(22)6)25-15-20-10-9-18(4)14-21(20)30-13-11-17(2)3/h9-10,14,17H,7-8,11-13,15-16H2,1-6H3,(H2,24,25,26). The Morgan fingerprint density at radius 3 is 2.67 bits per heavy atom. The lowest BCUT2D eigenvalue weighted by molar-refractivity contribution is 0.287. The third-order valence-electron chi connectivity index (χ3n) is 5.00. The summed E-state index contributed by atoms with van der Waals surface area (Å²) in [6, 6.07) is 6.32. The lowest BCUT2D eigenvalue weighted by Crippen LogP contribution is -2.38. The number of aromatic nitrogens is 3. The van der Waals surface area contributed by atoms with E-state index < -0.39 is 0 Å². The van der Waals surface area contributed by atoms with Gasteiger partial charge in [0.15, 0.2) is 11.8 Å². The monoisotopic (exact) mass is 414 g/mol. The molecule has 2 aromatic rings. The van der Waals surface area contributed by atoms with Gasteiger partial charge in [-0.3, -0.25) is 0 Å². The molecule has 1 aromatic carbocycles. The van der Waals surface area contributed by atoms with Crippen LogP contribution in [0.3, 0.4) is 0 Å². The van der Waals surface area contributed by atoms with Gasteiger partial charge < -0.3 is 19.9 Å². The van der Waals surface area contributed by atoms with Gasteiger partial charge in [-0.05, 0) is 44.2 Å². The van der Waals surface area contributed by atoms with Gasteiger partial charge in [-0.25, -0.2) is 4.99 Å². The lowest BCUT2D eigenvalue weighted by Gasteiger charge is -2.15. The molecule has 7 heteroatoms. The van der Waals surface area contributed by atoms with Crippen molar-refractivity contribution in [1.29, 1.82) is 0 Å². The zero-order valence-corrected chi connectivity index (χ0v) is 19.5. The Hall–Kier alpha value is -2.57. The number of nitrogens with one attached hydrogen (secondary N) is 2. The van der Waals surface area contributed by atoms with Crippen molar-refractivity contribution >= 4 is 5.96 Å². The van der Waals surface area contributed by atoms with Crippen molar-refractivity contribution in [2.45, 2.75) is 67.0 Å². The molecule has 0 unspecified atom stereocenters. The van der Waals surface area contributed by atoms with Crippen LogP contribution in [-0.4, -0.2) is 33.9 Å². The summed E-state index contributed by atoms with van der Waals surface area (Å²) in [5, 5.41) is 15.1. The molecule has 0 saturated heterocycles. The number of aliphatic imine (C=N–C) groups is 1. The van der Waals surface area contributed by atoms with Crippen LogP contribution in [0.5, 0.6) is 5.75 Å². The number of ether oxygens (including phenoxy) is 1. The minimum absolute atomic E-state index is 0.552. The molecular formula is C23H38N6O. The van der Waals surface area contributed by atoms with Crippen LogP contribution >= 0.6 is 0 Å². The Bertz CT molecular complexity index is 812. The summed E-state index contributed by atoms with van der Waals surface area (Å²) in [5.74, 6) is 4.10. The third kappa shape index (κ3) is 7.69. The Morgan fingerprint density at radius 2 is 2.00 bits per heavy atom. The molecule has 0 fully saturated rings. The highest BCUT2D eigenvalue weighted by Crippen LogP contribution is 2.22. The number of unbranched alkanes of at least 4 members (excludes halogenated alkanes) is 1. The fourth-order valence-corrected chi connectivity index (χ4v) is 2.82. The van der Waals surface area contributed by atoms with Crippen molar-refractivity contribution in [2.24, 2.45) is 18.0 Å². The van der Waals surface area contributed by atoms with E-state index >= 15 is 0 Å². The molecule has 0 aliphatic carbocycles. The van der Waals surface area contributed by atoms with Crippen LogP contribution in [0.15, 0.2) is 23.2 Å². The molecule has 1 aromatic heterocycles. The molecule has 0 radical (unpaired) electrons. The summed E-state index contributed by atoms with van der Waals surface area (Å²) in [6.45, 7) is 13.4. The number of hydrogen-bond acceptors (Lipinski definition) is 4. The topological polar surface area (TPSA) is 76.4 Å². The van der Waals surface area contributed by atoms with Crippen molar-refractivity contribution in [2.75, 3.05) is 13.2 Å². The Morgan fingerprint density at radius 1 is 1.20 bits per heavy atom. The predicted octanol–water partition coefficient (Wildman–Crippen LogP) is 3.89. The average Bonchev–Trinajstić information content (AvgIpc) is 3.02. The highest BCUT2D eigenvalue weighted by atomic mass is 16.5. The van der Waals surface area contributed by atoms with Crippen molar-refractivity contribution in [3.05, 3.63) is 41.0 Å². The largest absolute Gasteiger partial charge is 0.493 e. The molecule has 166 valence electrons. The fraction of sp³-hybridized carbons (Fsp3) is 0.609. The van der Waals surface area contributed by atoms with Gasteiger partial charge in [-0.2, -0.15) is 0 Å². The first kappa shape index (κ1) is 23.7. The summed E-state index contributed by atoms with van der Waals surface area (Å²) in [7, 11) is 1.97. The van der Waals surface area contributed by atoms with E-state index in [1.807, 2.05) is 18.5 Å². The van der Waals surface area contributed by atoms with Gasteiger partial charge in [0.1, 0.15) is 11.6 Å². The number of benzene rings is 1. The summed E-state index contributed by atoms with van der Waals surface area (Å²) in [5.41, 5.74) is 2.29. The Kier molecular flexibility index (Phi) is 9.64. The van der Waals surface area contributed by atoms with Crippen molar-refractivity contribution < 1.29 is 4.74 Å². The van der Waals surface area contributed by atoms with E-state index in [-0.39, 0.29) is 0 Å². The fourth-order valence-electron chi connectivity index (χ4n) is 2.82. The van der Waals surface area contributed by atoms with Crippen molar-refractivity contribution in [3.63, 3.8) is 0 Å². The highest BCUT2D eigenvalue weighted by Gasteiger charge is 2.08. The van der Waals surface area contributed by atoms with Gasteiger partial charge in [0.25, 0.3) is 0 Å². The molecule has 0 atom stereocenters. The van der Waals surface area contributed by atoms with Crippen LogP contribution < -0.4 is 15.4 Å². The Labute approximate surface area is 181 Å². The van der Waals surface area contributed by atoms with E-state index in [0.29, 0.717) is 19.0 Å². The number of nitrogens with zero attached hydrogens (tertiary/aromatic N) is 4. The number of hydrogen-bond donors (Lipinski definition) is 2. The van der Waals surface area contributed by atoms with Gasteiger partial charge >= 0.3 is 0 Å². The van der Waals surface area contributed by atoms with Gasteiger partial charge in [-0.15, -0.1) is 10.2 Å². The maximum atomic E-state index is 6.08. The van der Waals surface area contributed by atoms with Crippen LogP contribution in [0.25, 0.3) is 0 Å². The van der Waals surface area contributed by atoms with E-state index in [9.17, 15) is 0 Å². The Balaban J connectivity index is 2.08. The zero-order chi connectivity index (χ0) is 21.9. The molecule has 7 nitrogen and oxygen atoms in total. The first-order chi connectivity index (χ1) is 14.4. The molecule has 2 N–H and O–H groups in total. The summed E-state index contributed by atoms with van der Waals surface area (Å²) >= 11 is 0. The number of rotatable bonds is 11. The molecule has 0 aliphatic rings. The normalized spacial score (nSPS) is 11.8. The quantitative estimate of drug-likeness (QED) is 0.331. The first-order valence-electron chi connectivity index (χ1n) is 11.0. The van der Waals surface area contributed by atoms with Gasteiger partial charge in [-0.1, -0.05) is 39.3 Å². The number of guanidine groups is 1.